The minimum atomic E-state index is 0.202. The molecule has 0 N–H and O–H groups in total. The summed E-state index contributed by atoms with van der Waals surface area (Å²) >= 11 is 3.39. The number of halogens is 1. The molecule has 0 aromatic heterocycles. The lowest BCUT2D eigenvalue weighted by Gasteiger charge is -2.19. The van der Waals surface area contributed by atoms with Crippen LogP contribution in [0.1, 0.15) is 37.0 Å². The SMILES string of the molecule is CCCN(CCC)CC(=O)c1cccc(Br)c1. The van der Waals surface area contributed by atoms with Gasteiger partial charge in [-0.25, -0.2) is 0 Å². The standard InChI is InChI=1S/C14H20BrNO/c1-3-8-16(9-4-2)11-14(17)12-6-5-7-13(15)10-12/h5-7,10H,3-4,8-9,11H2,1-2H3. The van der Waals surface area contributed by atoms with Crippen molar-refractivity contribution in [2.24, 2.45) is 0 Å². The molecule has 0 fully saturated rings. The van der Waals surface area contributed by atoms with Gasteiger partial charge in [0.1, 0.15) is 0 Å². The Morgan fingerprint density at radius 1 is 1.24 bits per heavy atom. The molecule has 3 heteroatoms. The van der Waals surface area contributed by atoms with Crippen molar-refractivity contribution in [3.63, 3.8) is 0 Å². The van der Waals surface area contributed by atoms with E-state index in [1.54, 1.807) is 0 Å². The normalized spacial score (nSPS) is 10.8. The molecule has 2 nitrogen and oxygen atoms in total. The number of hydrogen-bond acceptors (Lipinski definition) is 2. The molecule has 1 aromatic rings. The van der Waals surface area contributed by atoms with Crippen molar-refractivity contribution in [2.45, 2.75) is 26.7 Å². The molecule has 0 spiro atoms. The van der Waals surface area contributed by atoms with Crippen LogP contribution in [0.3, 0.4) is 0 Å². The number of carbonyl (C=O) groups is 1. The molecule has 1 aromatic carbocycles. The lowest BCUT2D eigenvalue weighted by atomic mass is 10.1. The van der Waals surface area contributed by atoms with Crippen LogP contribution in [-0.2, 0) is 0 Å². The molecule has 94 valence electrons. The topological polar surface area (TPSA) is 20.3 Å². The largest absolute Gasteiger partial charge is 0.296 e. The zero-order chi connectivity index (χ0) is 12.7. The number of hydrogen-bond donors (Lipinski definition) is 0. The Kier molecular flexibility index (Phi) is 6.45. The predicted octanol–water partition coefficient (Wildman–Crippen LogP) is 3.75. The third kappa shape index (κ3) is 5.00. The maximum absolute atomic E-state index is 12.1. The van der Waals surface area contributed by atoms with Gasteiger partial charge in [-0.2, -0.15) is 0 Å². The first-order valence-corrected chi connectivity index (χ1v) is 6.97. The van der Waals surface area contributed by atoms with E-state index in [2.05, 4.69) is 34.7 Å². The van der Waals surface area contributed by atoms with Gasteiger partial charge in [-0.05, 0) is 38.1 Å². The molecule has 0 amide bonds. The summed E-state index contributed by atoms with van der Waals surface area (Å²) in [4.78, 5) is 14.3. The van der Waals surface area contributed by atoms with Crippen molar-refractivity contribution in [3.05, 3.63) is 34.3 Å². The smallest absolute Gasteiger partial charge is 0.176 e. The van der Waals surface area contributed by atoms with Gasteiger partial charge in [-0.3, -0.25) is 9.69 Å². The van der Waals surface area contributed by atoms with Gasteiger partial charge in [0.15, 0.2) is 5.78 Å². The summed E-state index contributed by atoms with van der Waals surface area (Å²) in [5.74, 6) is 0.202. The second kappa shape index (κ2) is 7.62. The molecule has 0 aliphatic heterocycles. The number of benzene rings is 1. The maximum Gasteiger partial charge on any atom is 0.176 e. The van der Waals surface area contributed by atoms with E-state index >= 15 is 0 Å². The van der Waals surface area contributed by atoms with E-state index < -0.39 is 0 Å². The van der Waals surface area contributed by atoms with Gasteiger partial charge in [0.2, 0.25) is 0 Å². The Labute approximate surface area is 112 Å². The van der Waals surface area contributed by atoms with Gasteiger partial charge in [-0.1, -0.05) is 41.9 Å². The van der Waals surface area contributed by atoms with Gasteiger partial charge in [0.05, 0.1) is 6.54 Å². The number of ketones is 1. The fourth-order valence-electron chi connectivity index (χ4n) is 1.86. The van der Waals surface area contributed by atoms with E-state index in [4.69, 9.17) is 0 Å². The summed E-state index contributed by atoms with van der Waals surface area (Å²) in [7, 11) is 0. The van der Waals surface area contributed by atoms with Crippen LogP contribution in [-0.4, -0.2) is 30.3 Å². The second-order valence-electron chi connectivity index (χ2n) is 4.21. The predicted molar refractivity (Wildman–Crippen MR) is 75.5 cm³/mol. The summed E-state index contributed by atoms with van der Waals surface area (Å²) in [6.07, 6.45) is 2.18. The fraction of sp³-hybridized carbons (Fsp3) is 0.500. The molecule has 17 heavy (non-hydrogen) atoms. The molecule has 0 atom stereocenters. The number of rotatable bonds is 7. The van der Waals surface area contributed by atoms with Crippen LogP contribution in [0.5, 0.6) is 0 Å². The summed E-state index contributed by atoms with van der Waals surface area (Å²) in [6, 6.07) is 7.61. The maximum atomic E-state index is 12.1. The van der Waals surface area contributed by atoms with E-state index in [0.29, 0.717) is 6.54 Å². The van der Waals surface area contributed by atoms with Crippen LogP contribution in [0.15, 0.2) is 28.7 Å². The molecule has 1 rings (SSSR count). The molecular formula is C14H20BrNO. The van der Waals surface area contributed by atoms with Crippen molar-refractivity contribution in [3.8, 4) is 0 Å². The van der Waals surface area contributed by atoms with Crippen molar-refractivity contribution >= 4 is 21.7 Å². The Bertz CT molecular complexity index is 359. The van der Waals surface area contributed by atoms with E-state index in [0.717, 1.165) is 36.0 Å². The van der Waals surface area contributed by atoms with Crippen LogP contribution >= 0.6 is 15.9 Å². The molecular weight excluding hydrogens is 278 g/mol. The Morgan fingerprint density at radius 3 is 2.41 bits per heavy atom. The molecule has 0 heterocycles. The highest BCUT2D eigenvalue weighted by Gasteiger charge is 2.11. The summed E-state index contributed by atoms with van der Waals surface area (Å²) in [5, 5.41) is 0. The summed E-state index contributed by atoms with van der Waals surface area (Å²) in [6.45, 7) is 6.80. The van der Waals surface area contributed by atoms with Crippen LogP contribution in [0.4, 0.5) is 0 Å². The molecule has 0 aliphatic rings. The van der Waals surface area contributed by atoms with Gasteiger partial charge in [-0.15, -0.1) is 0 Å². The van der Waals surface area contributed by atoms with Crippen LogP contribution in [0, 0.1) is 0 Å². The summed E-state index contributed by atoms with van der Waals surface area (Å²) in [5.41, 5.74) is 0.789. The van der Waals surface area contributed by atoms with E-state index in [1.807, 2.05) is 24.3 Å². The lowest BCUT2D eigenvalue weighted by molar-refractivity contribution is 0.0930. The zero-order valence-corrected chi connectivity index (χ0v) is 12.2. The first kappa shape index (κ1) is 14.4. The summed E-state index contributed by atoms with van der Waals surface area (Å²) < 4.78 is 0.959. The fourth-order valence-corrected chi connectivity index (χ4v) is 2.26. The van der Waals surface area contributed by atoms with Gasteiger partial charge < -0.3 is 0 Å². The molecule has 0 bridgehead atoms. The van der Waals surface area contributed by atoms with Crippen molar-refractivity contribution in [1.29, 1.82) is 0 Å². The highest BCUT2D eigenvalue weighted by Crippen LogP contribution is 2.12. The van der Waals surface area contributed by atoms with Gasteiger partial charge >= 0.3 is 0 Å². The molecule has 0 radical (unpaired) electrons. The molecule has 0 saturated carbocycles. The highest BCUT2D eigenvalue weighted by atomic mass is 79.9. The lowest BCUT2D eigenvalue weighted by Crippen LogP contribution is -2.31. The van der Waals surface area contributed by atoms with Crippen molar-refractivity contribution in [1.82, 2.24) is 4.90 Å². The third-order valence-electron chi connectivity index (χ3n) is 2.59. The first-order valence-electron chi connectivity index (χ1n) is 6.18. The Hall–Kier alpha value is -0.670. The average Bonchev–Trinajstić information content (AvgIpc) is 2.29. The van der Waals surface area contributed by atoms with Crippen LogP contribution in [0.25, 0.3) is 0 Å². The minimum Gasteiger partial charge on any atom is -0.296 e. The average molecular weight is 298 g/mol. The number of nitrogens with zero attached hydrogens (tertiary/aromatic N) is 1. The van der Waals surface area contributed by atoms with E-state index in [1.165, 1.54) is 0 Å². The first-order chi connectivity index (χ1) is 8.17. The number of carbonyl (C=O) groups excluding carboxylic acids is 1. The van der Waals surface area contributed by atoms with Crippen molar-refractivity contribution in [2.75, 3.05) is 19.6 Å². The van der Waals surface area contributed by atoms with Crippen molar-refractivity contribution < 1.29 is 4.79 Å². The zero-order valence-electron chi connectivity index (χ0n) is 10.6. The molecule has 0 saturated heterocycles. The molecule has 0 unspecified atom stereocenters. The van der Waals surface area contributed by atoms with Gasteiger partial charge in [0.25, 0.3) is 0 Å². The van der Waals surface area contributed by atoms with Crippen LogP contribution in [0.2, 0.25) is 0 Å². The monoisotopic (exact) mass is 297 g/mol. The molecule has 0 aliphatic carbocycles. The number of Topliss-reactive ketones (excluding diaryl/α,β-unsaturated/α-hetero) is 1. The Balaban J connectivity index is 2.63. The second-order valence-corrected chi connectivity index (χ2v) is 5.13. The Morgan fingerprint density at radius 2 is 1.88 bits per heavy atom. The van der Waals surface area contributed by atoms with Crippen LogP contribution < -0.4 is 0 Å². The van der Waals surface area contributed by atoms with Gasteiger partial charge in [0, 0.05) is 10.0 Å². The van der Waals surface area contributed by atoms with E-state index in [-0.39, 0.29) is 5.78 Å². The minimum absolute atomic E-state index is 0.202. The highest BCUT2D eigenvalue weighted by molar-refractivity contribution is 9.10. The third-order valence-corrected chi connectivity index (χ3v) is 3.09. The van der Waals surface area contributed by atoms with E-state index in [9.17, 15) is 4.79 Å². The quantitative estimate of drug-likeness (QED) is 0.714.